The Balaban J connectivity index is 1.52. The SMILES string of the molecule is CCCC(CCC)N(C(=O)CN1C[C@H](c2cc(OC)c3c(c2)OCO3)C(C(=O)O)[C@@H]1CCc1ccccn1)c1ccc(F)c(C)c1. The smallest absolute Gasteiger partial charge is 0.308 e. The van der Waals surface area contributed by atoms with Gasteiger partial charge in [-0.2, -0.15) is 0 Å². The van der Waals surface area contributed by atoms with Crippen LogP contribution < -0.4 is 19.1 Å². The van der Waals surface area contributed by atoms with E-state index in [0.717, 1.165) is 36.9 Å². The summed E-state index contributed by atoms with van der Waals surface area (Å²) < 4.78 is 31.2. The third-order valence-corrected chi connectivity index (χ3v) is 9.20. The Morgan fingerprint density at radius 1 is 1.13 bits per heavy atom. The van der Waals surface area contributed by atoms with Crippen LogP contribution in [0.3, 0.4) is 0 Å². The summed E-state index contributed by atoms with van der Waals surface area (Å²) in [5, 5.41) is 10.7. The van der Waals surface area contributed by atoms with E-state index in [1.54, 1.807) is 32.4 Å². The molecule has 1 amide bonds. The Morgan fingerprint density at radius 3 is 2.57 bits per heavy atom. The van der Waals surface area contributed by atoms with Crippen LogP contribution in [0.1, 0.15) is 68.7 Å². The first-order valence-electron chi connectivity index (χ1n) is 16.2. The largest absolute Gasteiger partial charge is 0.493 e. The van der Waals surface area contributed by atoms with Crippen LogP contribution in [0.2, 0.25) is 0 Å². The third kappa shape index (κ3) is 7.12. The summed E-state index contributed by atoms with van der Waals surface area (Å²) in [6.07, 6.45) is 6.17. The number of ether oxygens (including phenoxy) is 3. The lowest BCUT2D eigenvalue weighted by molar-refractivity contribution is -0.143. The molecule has 0 bridgehead atoms. The van der Waals surface area contributed by atoms with Crippen LogP contribution in [0.4, 0.5) is 10.1 Å². The van der Waals surface area contributed by atoms with E-state index in [2.05, 4.69) is 18.8 Å². The van der Waals surface area contributed by atoms with Crippen molar-refractivity contribution in [3.8, 4) is 17.2 Å². The highest BCUT2D eigenvalue weighted by Gasteiger charge is 2.48. The van der Waals surface area contributed by atoms with E-state index in [1.165, 1.54) is 6.07 Å². The number of nitrogens with zero attached hydrogens (tertiary/aromatic N) is 3. The average molecular weight is 634 g/mol. The summed E-state index contributed by atoms with van der Waals surface area (Å²) in [4.78, 5) is 35.8. The van der Waals surface area contributed by atoms with Crippen molar-refractivity contribution in [2.24, 2.45) is 5.92 Å². The van der Waals surface area contributed by atoms with Gasteiger partial charge in [-0.3, -0.25) is 19.5 Å². The average Bonchev–Trinajstić information content (AvgIpc) is 3.67. The zero-order valence-electron chi connectivity index (χ0n) is 27.1. The number of aromatic nitrogens is 1. The Hall–Kier alpha value is -4.18. The predicted octanol–water partition coefficient (Wildman–Crippen LogP) is 6.37. The molecular weight excluding hydrogens is 589 g/mol. The molecule has 2 aliphatic heterocycles. The predicted molar refractivity (Wildman–Crippen MR) is 173 cm³/mol. The van der Waals surface area contributed by atoms with E-state index in [9.17, 15) is 19.1 Å². The molecule has 1 N–H and O–H groups in total. The molecule has 1 aromatic heterocycles. The first-order chi connectivity index (χ1) is 22.2. The minimum absolute atomic E-state index is 0.0230. The molecule has 46 heavy (non-hydrogen) atoms. The molecule has 2 aliphatic rings. The Morgan fingerprint density at radius 2 is 1.91 bits per heavy atom. The van der Waals surface area contributed by atoms with Gasteiger partial charge in [0.05, 0.1) is 19.6 Å². The summed E-state index contributed by atoms with van der Waals surface area (Å²) in [5.74, 6) is -1.13. The Kier molecular flexibility index (Phi) is 10.8. The summed E-state index contributed by atoms with van der Waals surface area (Å²) in [6.45, 7) is 6.32. The van der Waals surface area contributed by atoms with E-state index >= 15 is 0 Å². The number of carbonyl (C=O) groups excluding carboxylic acids is 1. The molecule has 0 radical (unpaired) electrons. The zero-order chi connectivity index (χ0) is 32.8. The van der Waals surface area contributed by atoms with Crippen LogP contribution in [0.5, 0.6) is 17.2 Å². The first kappa shape index (κ1) is 33.2. The molecule has 0 saturated carbocycles. The fourth-order valence-electron chi connectivity index (χ4n) is 7.05. The van der Waals surface area contributed by atoms with Gasteiger partial charge in [-0.15, -0.1) is 0 Å². The summed E-state index contributed by atoms with van der Waals surface area (Å²) in [7, 11) is 1.54. The van der Waals surface area contributed by atoms with Gasteiger partial charge in [-0.1, -0.05) is 32.8 Å². The maximum absolute atomic E-state index is 14.5. The third-order valence-electron chi connectivity index (χ3n) is 9.20. The number of benzene rings is 2. The number of anilines is 1. The van der Waals surface area contributed by atoms with Crippen molar-refractivity contribution < 1.29 is 33.3 Å². The number of carboxylic acids is 1. The maximum atomic E-state index is 14.5. The maximum Gasteiger partial charge on any atom is 0.308 e. The van der Waals surface area contributed by atoms with Crippen LogP contribution in [-0.2, 0) is 16.0 Å². The van der Waals surface area contributed by atoms with E-state index in [1.807, 2.05) is 40.1 Å². The molecule has 10 heteroatoms. The molecule has 0 aliphatic carbocycles. The molecule has 2 aromatic carbocycles. The highest BCUT2D eigenvalue weighted by Crippen LogP contribution is 2.47. The summed E-state index contributed by atoms with van der Waals surface area (Å²) >= 11 is 0. The van der Waals surface area contributed by atoms with Crippen molar-refractivity contribution in [1.82, 2.24) is 9.88 Å². The van der Waals surface area contributed by atoms with Crippen LogP contribution >= 0.6 is 0 Å². The van der Waals surface area contributed by atoms with Crippen LogP contribution in [0.25, 0.3) is 0 Å². The van der Waals surface area contributed by atoms with Crippen molar-refractivity contribution >= 4 is 17.6 Å². The molecule has 3 aromatic rings. The van der Waals surface area contributed by atoms with Crippen molar-refractivity contribution in [1.29, 1.82) is 0 Å². The number of carboxylic acid groups (broad SMARTS) is 1. The Bertz CT molecular complexity index is 1510. The number of hydrogen-bond donors (Lipinski definition) is 1. The molecule has 1 unspecified atom stereocenters. The number of aryl methyl sites for hydroxylation is 2. The lowest BCUT2D eigenvalue weighted by atomic mass is 9.83. The summed E-state index contributed by atoms with van der Waals surface area (Å²) in [5.41, 5.74) is 2.75. The van der Waals surface area contributed by atoms with Gasteiger partial charge in [0, 0.05) is 42.1 Å². The second-order valence-corrected chi connectivity index (χ2v) is 12.2. The topological polar surface area (TPSA) is 101 Å². The number of halogens is 1. The van der Waals surface area contributed by atoms with E-state index < -0.39 is 23.8 Å². The second kappa shape index (κ2) is 14.9. The number of pyridine rings is 1. The standard InChI is InChI=1S/C36H44FN3O6/c1-5-9-26(10-6-2)40(27-13-14-29(37)23(3)17-27)33(41)21-39-20-28(24-18-31(44-4)35-32(19-24)45-22-46-35)34(36(42)43)30(39)15-12-25-11-7-8-16-38-25/h7-8,11,13-14,16-19,26,28,30,34H,5-6,9-10,12,15,20-22H2,1-4H3,(H,42,43)/t28-,30+,34?/m1/s1. The van der Waals surface area contributed by atoms with Gasteiger partial charge in [0.25, 0.3) is 0 Å². The number of likely N-dealkylation sites (tertiary alicyclic amines) is 1. The molecule has 3 heterocycles. The number of amides is 1. The lowest BCUT2D eigenvalue weighted by Gasteiger charge is -2.35. The van der Waals surface area contributed by atoms with Crippen molar-refractivity contribution in [3.63, 3.8) is 0 Å². The van der Waals surface area contributed by atoms with Gasteiger partial charge in [0.1, 0.15) is 5.82 Å². The van der Waals surface area contributed by atoms with Crippen molar-refractivity contribution in [3.05, 3.63) is 77.4 Å². The van der Waals surface area contributed by atoms with Gasteiger partial charge in [-0.05, 0) is 86.2 Å². The fourth-order valence-corrected chi connectivity index (χ4v) is 7.05. The van der Waals surface area contributed by atoms with Crippen LogP contribution in [-0.4, -0.2) is 65.9 Å². The molecule has 9 nitrogen and oxygen atoms in total. The molecule has 1 fully saturated rings. The lowest BCUT2D eigenvalue weighted by Crippen LogP contribution is -2.48. The highest BCUT2D eigenvalue weighted by atomic mass is 19.1. The van der Waals surface area contributed by atoms with Gasteiger partial charge >= 0.3 is 5.97 Å². The van der Waals surface area contributed by atoms with E-state index in [-0.39, 0.29) is 31.1 Å². The van der Waals surface area contributed by atoms with Gasteiger partial charge < -0.3 is 24.2 Å². The van der Waals surface area contributed by atoms with Gasteiger partial charge in [0.15, 0.2) is 11.5 Å². The number of hydrogen-bond acceptors (Lipinski definition) is 7. The van der Waals surface area contributed by atoms with Crippen molar-refractivity contribution in [2.45, 2.75) is 77.3 Å². The highest BCUT2D eigenvalue weighted by molar-refractivity contribution is 5.95. The van der Waals surface area contributed by atoms with Crippen LogP contribution in [0, 0.1) is 18.7 Å². The number of carbonyl (C=O) groups is 2. The molecule has 1 saturated heterocycles. The van der Waals surface area contributed by atoms with E-state index in [4.69, 9.17) is 14.2 Å². The first-order valence-corrected chi connectivity index (χ1v) is 16.2. The van der Waals surface area contributed by atoms with Crippen molar-refractivity contribution in [2.75, 3.05) is 31.9 Å². The number of aliphatic carboxylic acids is 1. The van der Waals surface area contributed by atoms with Gasteiger partial charge in [-0.25, -0.2) is 4.39 Å². The monoisotopic (exact) mass is 633 g/mol. The molecule has 0 spiro atoms. The van der Waals surface area contributed by atoms with Crippen LogP contribution in [0.15, 0.2) is 54.7 Å². The normalized spacial score (nSPS) is 19.0. The fraction of sp³-hybridized carbons (Fsp3) is 0.472. The summed E-state index contributed by atoms with van der Waals surface area (Å²) in [6, 6.07) is 13.6. The molecular formula is C36H44FN3O6. The van der Waals surface area contributed by atoms with Gasteiger partial charge in [0.2, 0.25) is 18.4 Å². The number of methoxy groups -OCH3 is 1. The quantitative estimate of drug-likeness (QED) is 0.219. The second-order valence-electron chi connectivity index (χ2n) is 12.2. The number of rotatable bonds is 14. The number of fused-ring (bicyclic) bond motifs is 1. The molecule has 246 valence electrons. The minimum atomic E-state index is -0.927. The minimum Gasteiger partial charge on any atom is -0.493 e. The van der Waals surface area contributed by atoms with E-state index in [0.29, 0.717) is 47.9 Å². The molecule has 3 atom stereocenters. The Labute approximate surface area is 270 Å². The zero-order valence-corrected chi connectivity index (χ0v) is 27.1. The molecule has 5 rings (SSSR count).